The van der Waals surface area contributed by atoms with Crippen LogP contribution in [0.3, 0.4) is 0 Å². The van der Waals surface area contributed by atoms with E-state index in [1.807, 2.05) is 31.2 Å². The number of hydrogen-bond acceptors (Lipinski definition) is 3. The van der Waals surface area contributed by atoms with Crippen LogP contribution < -0.4 is 5.32 Å². The highest BCUT2D eigenvalue weighted by Gasteiger charge is 2.17. The van der Waals surface area contributed by atoms with Crippen LogP contribution in [0.2, 0.25) is 0 Å². The Morgan fingerprint density at radius 2 is 2.05 bits per heavy atom. The Labute approximate surface area is 113 Å². The molecule has 1 heterocycles. The van der Waals surface area contributed by atoms with Crippen LogP contribution in [0, 0.1) is 6.92 Å². The third-order valence-electron chi connectivity index (χ3n) is 3.22. The van der Waals surface area contributed by atoms with E-state index in [0.717, 1.165) is 30.8 Å². The van der Waals surface area contributed by atoms with Gasteiger partial charge in [-0.2, -0.15) is 0 Å². The molecule has 0 radical (unpaired) electrons. The Morgan fingerprint density at radius 3 is 2.68 bits per heavy atom. The number of carbonyl (C=O) groups is 2. The van der Waals surface area contributed by atoms with Crippen molar-refractivity contribution in [3.8, 4) is 0 Å². The van der Waals surface area contributed by atoms with Crippen LogP contribution in [0.25, 0.3) is 0 Å². The molecule has 0 unspecified atom stereocenters. The van der Waals surface area contributed by atoms with E-state index >= 15 is 0 Å². The fourth-order valence-electron chi connectivity index (χ4n) is 2.15. The van der Waals surface area contributed by atoms with Gasteiger partial charge in [0.15, 0.2) is 0 Å². The van der Waals surface area contributed by atoms with Crippen molar-refractivity contribution in [1.29, 1.82) is 0 Å². The van der Waals surface area contributed by atoms with Crippen LogP contribution in [0.5, 0.6) is 0 Å². The summed E-state index contributed by atoms with van der Waals surface area (Å²) in [5, 5.41) is 2.89. The summed E-state index contributed by atoms with van der Waals surface area (Å²) in [6.45, 7) is 5.26. The molecule has 1 saturated heterocycles. The highest BCUT2D eigenvalue weighted by Crippen LogP contribution is 2.09. The number of rotatable bonds is 4. The van der Waals surface area contributed by atoms with E-state index in [-0.39, 0.29) is 5.91 Å². The van der Waals surface area contributed by atoms with E-state index in [0.29, 0.717) is 19.6 Å². The van der Waals surface area contributed by atoms with E-state index < -0.39 is 0 Å². The van der Waals surface area contributed by atoms with Gasteiger partial charge < -0.3 is 10.2 Å². The molecule has 2 amide bonds. The second-order valence-corrected chi connectivity index (χ2v) is 4.84. The molecule has 102 valence electrons. The predicted octanol–water partition coefficient (Wildman–Crippen LogP) is 0.708. The van der Waals surface area contributed by atoms with Crippen LogP contribution in [0.4, 0.5) is 5.69 Å². The first-order valence-corrected chi connectivity index (χ1v) is 6.45. The van der Waals surface area contributed by atoms with Crippen molar-refractivity contribution in [2.45, 2.75) is 6.92 Å². The number of hydrogen-bond donors (Lipinski definition) is 1. The molecule has 1 aromatic carbocycles. The van der Waals surface area contributed by atoms with Gasteiger partial charge in [-0.25, -0.2) is 0 Å². The van der Waals surface area contributed by atoms with E-state index in [4.69, 9.17) is 0 Å². The molecule has 1 fully saturated rings. The Kier molecular flexibility index (Phi) is 4.52. The van der Waals surface area contributed by atoms with Crippen molar-refractivity contribution in [1.82, 2.24) is 9.80 Å². The maximum absolute atomic E-state index is 11.9. The third kappa shape index (κ3) is 4.06. The van der Waals surface area contributed by atoms with Gasteiger partial charge in [-0.15, -0.1) is 0 Å². The lowest BCUT2D eigenvalue weighted by Crippen LogP contribution is -2.48. The van der Waals surface area contributed by atoms with Gasteiger partial charge in [0.2, 0.25) is 12.3 Å². The third-order valence-corrected chi connectivity index (χ3v) is 3.22. The summed E-state index contributed by atoms with van der Waals surface area (Å²) in [4.78, 5) is 26.3. The molecule has 5 nitrogen and oxygen atoms in total. The lowest BCUT2D eigenvalue weighted by atomic mass is 10.2. The van der Waals surface area contributed by atoms with Crippen LogP contribution in [0.15, 0.2) is 24.3 Å². The van der Waals surface area contributed by atoms with Crippen molar-refractivity contribution in [3.05, 3.63) is 29.8 Å². The zero-order valence-electron chi connectivity index (χ0n) is 11.1. The van der Waals surface area contributed by atoms with Crippen molar-refractivity contribution in [3.63, 3.8) is 0 Å². The largest absolute Gasteiger partial charge is 0.343 e. The summed E-state index contributed by atoms with van der Waals surface area (Å²) in [5.74, 6) is -0.00912. The fraction of sp³-hybridized carbons (Fsp3) is 0.429. The van der Waals surface area contributed by atoms with Crippen LogP contribution in [0.1, 0.15) is 5.56 Å². The average molecular weight is 261 g/mol. The molecule has 1 aromatic rings. The van der Waals surface area contributed by atoms with Gasteiger partial charge in [-0.05, 0) is 24.6 Å². The van der Waals surface area contributed by atoms with E-state index in [1.54, 1.807) is 4.90 Å². The Morgan fingerprint density at radius 1 is 1.32 bits per heavy atom. The molecule has 1 aliphatic heterocycles. The van der Waals surface area contributed by atoms with Crippen LogP contribution >= 0.6 is 0 Å². The van der Waals surface area contributed by atoms with E-state index in [2.05, 4.69) is 10.2 Å². The predicted molar refractivity (Wildman–Crippen MR) is 73.9 cm³/mol. The molecule has 0 aliphatic carbocycles. The minimum atomic E-state index is -0.00912. The molecule has 0 atom stereocenters. The van der Waals surface area contributed by atoms with Gasteiger partial charge in [0.25, 0.3) is 0 Å². The molecular weight excluding hydrogens is 242 g/mol. The first kappa shape index (κ1) is 13.5. The number of nitrogens with one attached hydrogen (secondary N) is 1. The van der Waals surface area contributed by atoms with Crippen molar-refractivity contribution >= 4 is 18.0 Å². The maximum atomic E-state index is 11.9. The Hall–Kier alpha value is -1.88. The fourth-order valence-corrected chi connectivity index (χ4v) is 2.15. The van der Waals surface area contributed by atoms with Gasteiger partial charge >= 0.3 is 0 Å². The number of amides is 2. The Bertz CT molecular complexity index is 454. The highest BCUT2D eigenvalue weighted by molar-refractivity contribution is 5.92. The molecular formula is C14H19N3O2. The van der Waals surface area contributed by atoms with Gasteiger partial charge in [-0.1, -0.05) is 12.1 Å². The topological polar surface area (TPSA) is 52.7 Å². The van der Waals surface area contributed by atoms with E-state index in [9.17, 15) is 9.59 Å². The number of benzene rings is 1. The molecule has 0 saturated carbocycles. The number of anilines is 1. The van der Waals surface area contributed by atoms with Gasteiger partial charge in [-0.3, -0.25) is 14.5 Å². The number of nitrogens with zero attached hydrogens (tertiary/aromatic N) is 2. The lowest BCUT2D eigenvalue weighted by Gasteiger charge is -2.31. The summed E-state index contributed by atoms with van der Waals surface area (Å²) >= 11 is 0. The molecule has 0 aromatic heterocycles. The van der Waals surface area contributed by atoms with Crippen molar-refractivity contribution in [2.75, 3.05) is 38.0 Å². The molecule has 5 heteroatoms. The normalized spacial score (nSPS) is 16.2. The smallest absolute Gasteiger partial charge is 0.238 e. The average Bonchev–Trinajstić information content (AvgIpc) is 2.39. The van der Waals surface area contributed by atoms with E-state index in [1.165, 1.54) is 0 Å². The van der Waals surface area contributed by atoms with Gasteiger partial charge in [0.1, 0.15) is 0 Å². The summed E-state index contributed by atoms with van der Waals surface area (Å²) in [6, 6.07) is 7.75. The second kappa shape index (κ2) is 6.33. The van der Waals surface area contributed by atoms with Crippen molar-refractivity contribution < 1.29 is 9.59 Å². The highest BCUT2D eigenvalue weighted by atomic mass is 16.2. The standard InChI is InChI=1S/C14H19N3O2/c1-12-3-2-4-13(9-12)15-14(19)10-16-5-7-17(11-18)8-6-16/h2-4,9,11H,5-8,10H2,1H3,(H,15,19). The molecule has 0 spiro atoms. The summed E-state index contributed by atoms with van der Waals surface area (Å²) in [6.07, 6.45) is 0.865. The molecule has 19 heavy (non-hydrogen) atoms. The molecule has 2 rings (SSSR count). The quantitative estimate of drug-likeness (QED) is 0.812. The Balaban J connectivity index is 1.80. The first-order valence-electron chi connectivity index (χ1n) is 6.45. The maximum Gasteiger partial charge on any atom is 0.238 e. The van der Waals surface area contributed by atoms with Gasteiger partial charge in [0.05, 0.1) is 6.54 Å². The zero-order valence-corrected chi connectivity index (χ0v) is 11.1. The van der Waals surface area contributed by atoms with Crippen LogP contribution in [-0.4, -0.2) is 54.8 Å². The number of piperazine rings is 1. The number of aryl methyl sites for hydroxylation is 1. The van der Waals surface area contributed by atoms with Crippen LogP contribution in [-0.2, 0) is 9.59 Å². The molecule has 0 bridgehead atoms. The first-order chi connectivity index (χ1) is 9.17. The second-order valence-electron chi connectivity index (χ2n) is 4.84. The SMILES string of the molecule is Cc1cccc(NC(=O)CN2CCN(C=O)CC2)c1. The summed E-state index contributed by atoms with van der Waals surface area (Å²) in [5.41, 5.74) is 1.95. The lowest BCUT2D eigenvalue weighted by molar-refractivity contribution is -0.120. The van der Waals surface area contributed by atoms with Crippen molar-refractivity contribution in [2.24, 2.45) is 0 Å². The minimum absolute atomic E-state index is 0.00912. The molecule has 1 N–H and O–H groups in total. The molecule has 1 aliphatic rings. The van der Waals surface area contributed by atoms with Gasteiger partial charge in [0, 0.05) is 31.9 Å². The number of carbonyl (C=O) groups excluding carboxylic acids is 2. The zero-order chi connectivity index (χ0) is 13.7. The monoisotopic (exact) mass is 261 g/mol. The summed E-state index contributed by atoms with van der Waals surface area (Å²) < 4.78 is 0. The summed E-state index contributed by atoms with van der Waals surface area (Å²) in [7, 11) is 0. The minimum Gasteiger partial charge on any atom is -0.343 e.